The molecule has 0 aliphatic heterocycles. The van der Waals surface area contributed by atoms with Gasteiger partial charge in [0.25, 0.3) is 11.5 Å². The summed E-state index contributed by atoms with van der Waals surface area (Å²) < 4.78 is 1.28. The fourth-order valence-electron chi connectivity index (χ4n) is 2.17. The fourth-order valence-corrected chi connectivity index (χ4v) is 2.17. The number of nitrogens with one attached hydrogen (secondary N) is 1. The first-order valence-electron chi connectivity index (χ1n) is 7.48. The van der Waals surface area contributed by atoms with E-state index in [-0.39, 0.29) is 11.3 Å². The van der Waals surface area contributed by atoms with Crippen molar-refractivity contribution in [3.05, 3.63) is 88.0 Å². The lowest BCUT2D eigenvalue weighted by Gasteiger charge is -2.08. The molecule has 24 heavy (non-hydrogen) atoms. The van der Waals surface area contributed by atoms with Crippen LogP contribution in [0.5, 0.6) is 0 Å². The number of hydrogen-bond acceptors (Lipinski definition) is 4. The van der Waals surface area contributed by atoms with Gasteiger partial charge in [0, 0.05) is 12.3 Å². The molecule has 6 heteroatoms. The Morgan fingerprint density at radius 3 is 2.58 bits per heavy atom. The molecule has 120 valence electrons. The summed E-state index contributed by atoms with van der Waals surface area (Å²) in [6, 6.07) is 15.8. The van der Waals surface area contributed by atoms with Crippen LogP contribution in [0.3, 0.4) is 0 Å². The van der Waals surface area contributed by atoms with E-state index in [0.29, 0.717) is 12.4 Å². The summed E-state index contributed by atoms with van der Waals surface area (Å²) in [6.07, 6.45) is 1.58. The monoisotopic (exact) mass is 320 g/mol. The van der Waals surface area contributed by atoms with Gasteiger partial charge in [0.15, 0.2) is 0 Å². The van der Waals surface area contributed by atoms with Crippen LogP contribution < -0.4 is 10.9 Å². The molecule has 1 amide bonds. The van der Waals surface area contributed by atoms with Crippen LogP contribution in [0.25, 0.3) is 0 Å². The number of aromatic nitrogens is 3. The highest BCUT2D eigenvalue weighted by Gasteiger charge is 2.10. The zero-order valence-corrected chi connectivity index (χ0v) is 13.1. The molecule has 0 bridgehead atoms. The zero-order valence-electron chi connectivity index (χ0n) is 13.1. The molecule has 3 rings (SSSR count). The van der Waals surface area contributed by atoms with Gasteiger partial charge in [-0.3, -0.25) is 9.59 Å². The Bertz CT molecular complexity index is 902. The van der Waals surface area contributed by atoms with Gasteiger partial charge in [-0.05, 0) is 30.7 Å². The number of benzene rings is 1. The Balaban J connectivity index is 1.81. The number of pyridine rings is 1. The second kappa shape index (κ2) is 6.87. The Morgan fingerprint density at radius 2 is 1.88 bits per heavy atom. The van der Waals surface area contributed by atoms with Crippen LogP contribution in [-0.2, 0) is 6.54 Å². The second-order valence-electron chi connectivity index (χ2n) is 5.37. The average Bonchev–Trinajstić information content (AvgIpc) is 2.59. The van der Waals surface area contributed by atoms with Gasteiger partial charge >= 0.3 is 0 Å². The van der Waals surface area contributed by atoms with Crippen molar-refractivity contribution >= 4 is 11.7 Å². The first-order chi connectivity index (χ1) is 11.6. The maximum absolute atomic E-state index is 12.2. The van der Waals surface area contributed by atoms with Gasteiger partial charge in [0.1, 0.15) is 11.5 Å². The number of hydrogen-bond donors (Lipinski definition) is 1. The number of rotatable bonds is 4. The van der Waals surface area contributed by atoms with Gasteiger partial charge in [-0.25, -0.2) is 9.67 Å². The molecule has 0 saturated carbocycles. The lowest BCUT2D eigenvalue weighted by molar-refractivity contribution is 0.101. The fraction of sp³-hybridized carbons (Fsp3) is 0.111. The largest absolute Gasteiger partial charge is 0.305 e. The molecule has 0 unspecified atom stereocenters. The summed E-state index contributed by atoms with van der Waals surface area (Å²) in [6.45, 7) is 2.31. The van der Waals surface area contributed by atoms with Crippen molar-refractivity contribution in [1.82, 2.24) is 14.8 Å². The third kappa shape index (κ3) is 3.73. The molecule has 2 aromatic heterocycles. The number of carbonyl (C=O) groups excluding carboxylic acids is 1. The summed E-state index contributed by atoms with van der Waals surface area (Å²) in [5, 5.41) is 6.80. The van der Waals surface area contributed by atoms with E-state index in [1.54, 1.807) is 24.4 Å². The summed E-state index contributed by atoms with van der Waals surface area (Å²) >= 11 is 0. The average molecular weight is 320 g/mol. The molecule has 3 aromatic rings. The van der Waals surface area contributed by atoms with Crippen molar-refractivity contribution in [1.29, 1.82) is 0 Å². The number of amides is 1. The molecule has 0 spiro atoms. The standard InChI is InChI=1S/C18H16N4O2/c1-13-5-7-14(8-6-13)12-22-17(23)10-9-15(21-22)18(24)20-16-4-2-3-11-19-16/h2-11H,12H2,1H3,(H,19,20,24). The highest BCUT2D eigenvalue weighted by molar-refractivity contribution is 6.02. The molecule has 0 atom stereocenters. The van der Waals surface area contributed by atoms with E-state index < -0.39 is 5.91 Å². The molecular formula is C18H16N4O2. The quantitative estimate of drug-likeness (QED) is 0.800. The van der Waals surface area contributed by atoms with Gasteiger partial charge in [0.05, 0.1) is 6.54 Å². The molecule has 0 fully saturated rings. The minimum absolute atomic E-state index is 0.160. The van der Waals surface area contributed by atoms with E-state index in [9.17, 15) is 9.59 Å². The maximum Gasteiger partial charge on any atom is 0.277 e. The molecule has 0 radical (unpaired) electrons. The van der Waals surface area contributed by atoms with Crippen LogP contribution in [0.15, 0.2) is 65.6 Å². The van der Waals surface area contributed by atoms with E-state index in [0.717, 1.165) is 11.1 Å². The van der Waals surface area contributed by atoms with E-state index in [1.807, 2.05) is 31.2 Å². The first kappa shape index (κ1) is 15.6. The van der Waals surface area contributed by atoms with E-state index in [4.69, 9.17) is 0 Å². The van der Waals surface area contributed by atoms with Crippen molar-refractivity contribution < 1.29 is 4.79 Å². The highest BCUT2D eigenvalue weighted by Crippen LogP contribution is 2.05. The lowest BCUT2D eigenvalue weighted by Crippen LogP contribution is -2.26. The van der Waals surface area contributed by atoms with Crippen molar-refractivity contribution in [3.63, 3.8) is 0 Å². The molecule has 2 heterocycles. The summed E-state index contributed by atoms with van der Waals surface area (Å²) in [4.78, 5) is 28.3. The molecule has 1 aromatic carbocycles. The predicted octanol–water partition coefficient (Wildman–Crippen LogP) is 2.25. The van der Waals surface area contributed by atoms with Gasteiger partial charge in [0.2, 0.25) is 0 Å². The van der Waals surface area contributed by atoms with Crippen molar-refractivity contribution in [2.75, 3.05) is 5.32 Å². The predicted molar refractivity (Wildman–Crippen MR) is 91.0 cm³/mol. The molecular weight excluding hydrogens is 304 g/mol. The van der Waals surface area contributed by atoms with Crippen LogP contribution in [0.1, 0.15) is 21.6 Å². The van der Waals surface area contributed by atoms with E-state index in [2.05, 4.69) is 15.4 Å². The van der Waals surface area contributed by atoms with Crippen molar-refractivity contribution in [3.8, 4) is 0 Å². The van der Waals surface area contributed by atoms with Crippen LogP contribution >= 0.6 is 0 Å². The summed E-state index contributed by atoms with van der Waals surface area (Å²) in [5.41, 5.74) is 1.98. The Kier molecular flexibility index (Phi) is 4.47. The SMILES string of the molecule is Cc1ccc(Cn2nc(C(=O)Nc3ccccn3)ccc2=O)cc1. The molecule has 0 aliphatic rings. The first-order valence-corrected chi connectivity index (χ1v) is 7.48. The maximum atomic E-state index is 12.2. The summed E-state index contributed by atoms with van der Waals surface area (Å²) in [5.74, 6) is 0.0203. The smallest absolute Gasteiger partial charge is 0.277 e. The van der Waals surface area contributed by atoms with Crippen molar-refractivity contribution in [2.24, 2.45) is 0 Å². The Labute approximate surface area is 138 Å². The van der Waals surface area contributed by atoms with Gasteiger partial charge in [-0.2, -0.15) is 5.10 Å². The number of nitrogens with zero attached hydrogens (tertiary/aromatic N) is 3. The van der Waals surface area contributed by atoms with Gasteiger partial charge < -0.3 is 5.32 Å². The second-order valence-corrected chi connectivity index (χ2v) is 5.37. The Hall–Kier alpha value is -3.28. The minimum atomic E-state index is -0.411. The molecule has 0 saturated heterocycles. The lowest BCUT2D eigenvalue weighted by atomic mass is 10.1. The third-order valence-corrected chi connectivity index (χ3v) is 3.46. The molecule has 6 nitrogen and oxygen atoms in total. The van der Waals surface area contributed by atoms with Crippen LogP contribution in [0, 0.1) is 6.92 Å². The van der Waals surface area contributed by atoms with Gasteiger partial charge in [-0.15, -0.1) is 0 Å². The third-order valence-electron chi connectivity index (χ3n) is 3.46. The van der Waals surface area contributed by atoms with Crippen LogP contribution in [-0.4, -0.2) is 20.7 Å². The number of carbonyl (C=O) groups is 1. The molecule has 0 aliphatic carbocycles. The van der Waals surface area contributed by atoms with Crippen LogP contribution in [0.2, 0.25) is 0 Å². The summed E-state index contributed by atoms with van der Waals surface area (Å²) in [7, 11) is 0. The van der Waals surface area contributed by atoms with E-state index in [1.165, 1.54) is 16.8 Å². The van der Waals surface area contributed by atoms with Crippen molar-refractivity contribution in [2.45, 2.75) is 13.5 Å². The number of aryl methyl sites for hydroxylation is 1. The highest BCUT2D eigenvalue weighted by atomic mass is 16.2. The van der Waals surface area contributed by atoms with Crippen LogP contribution in [0.4, 0.5) is 5.82 Å². The topological polar surface area (TPSA) is 76.9 Å². The Morgan fingerprint density at radius 1 is 1.08 bits per heavy atom. The molecule has 1 N–H and O–H groups in total. The van der Waals surface area contributed by atoms with E-state index >= 15 is 0 Å². The number of anilines is 1. The normalized spacial score (nSPS) is 10.4. The minimum Gasteiger partial charge on any atom is -0.305 e. The van der Waals surface area contributed by atoms with Gasteiger partial charge in [-0.1, -0.05) is 35.9 Å². The zero-order chi connectivity index (χ0) is 16.9.